The number of nitrogens with one attached hydrogen (secondary N) is 2. The molecule has 0 heterocycles. The molecule has 0 aromatic rings. The van der Waals surface area contributed by atoms with Crippen molar-refractivity contribution < 1.29 is 5.11 Å². The Morgan fingerprint density at radius 3 is 1.41 bits per heavy atom. The third-order valence-corrected chi connectivity index (χ3v) is 4.44. The van der Waals surface area contributed by atoms with Crippen LogP contribution in [-0.4, -0.2) is 35.0 Å². The molecule has 0 aliphatic heterocycles. The Kier molecular flexibility index (Phi) is 16.2. The van der Waals surface area contributed by atoms with Crippen LogP contribution in [-0.2, 0) is 0 Å². The van der Waals surface area contributed by atoms with E-state index >= 15 is 0 Å². The third kappa shape index (κ3) is 20.9. The number of aliphatic hydroxyl groups is 1. The van der Waals surface area contributed by atoms with Crippen LogP contribution in [0.25, 0.3) is 0 Å². The molecule has 0 amide bonds. The van der Waals surface area contributed by atoms with Gasteiger partial charge in [-0.05, 0) is 79.7 Å². The van der Waals surface area contributed by atoms with Crippen molar-refractivity contribution in [1.82, 2.24) is 10.6 Å². The molecule has 0 saturated carbocycles. The molecule has 0 aromatic carbocycles. The van der Waals surface area contributed by atoms with Crippen molar-refractivity contribution in [2.45, 2.75) is 139 Å². The van der Waals surface area contributed by atoms with Crippen molar-refractivity contribution in [3.05, 3.63) is 0 Å². The molecule has 4 nitrogen and oxygen atoms in total. The van der Waals surface area contributed by atoms with Gasteiger partial charge in [0.1, 0.15) is 6.23 Å². The maximum Gasteiger partial charge on any atom is 0.109 e. The van der Waals surface area contributed by atoms with Crippen LogP contribution in [0.2, 0.25) is 0 Å². The summed E-state index contributed by atoms with van der Waals surface area (Å²) in [5.74, 6) is 1.34. The zero-order valence-corrected chi connectivity index (χ0v) is 22.9. The van der Waals surface area contributed by atoms with E-state index in [-0.39, 0.29) is 22.0 Å². The Bertz CT molecular complexity index is 393. The molecule has 0 bridgehead atoms. The van der Waals surface area contributed by atoms with Gasteiger partial charge in [0.05, 0.1) is 0 Å². The second kappa shape index (κ2) is 14.0. The number of hydrogen-bond donors (Lipinski definition) is 4. The second-order valence-corrected chi connectivity index (χ2v) is 11.9. The molecule has 180 valence electrons. The first-order chi connectivity index (χ1) is 12.7. The molecular formula is C25H59N3O. The van der Waals surface area contributed by atoms with Gasteiger partial charge in [0.25, 0.3) is 0 Å². The maximum atomic E-state index is 9.52. The van der Waals surface area contributed by atoms with E-state index in [2.05, 4.69) is 93.7 Å². The molecule has 0 aliphatic rings. The third-order valence-electron chi connectivity index (χ3n) is 4.44. The number of hydrogen-bond acceptors (Lipinski definition) is 4. The van der Waals surface area contributed by atoms with Crippen LogP contribution in [0.1, 0.15) is 116 Å². The van der Waals surface area contributed by atoms with Crippen LogP contribution >= 0.6 is 0 Å². The Morgan fingerprint density at radius 2 is 1.14 bits per heavy atom. The van der Waals surface area contributed by atoms with Crippen molar-refractivity contribution in [3.63, 3.8) is 0 Å². The van der Waals surface area contributed by atoms with Crippen molar-refractivity contribution in [2.24, 2.45) is 23.0 Å². The smallest absolute Gasteiger partial charge is 0.109 e. The summed E-state index contributed by atoms with van der Waals surface area (Å²) in [4.78, 5) is 0. The largest absolute Gasteiger partial charge is 0.378 e. The molecule has 0 aliphatic carbocycles. The lowest BCUT2D eigenvalue weighted by atomic mass is 9.82. The predicted octanol–water partition coefficient (Wildman–Crippen LogP) is 5.93. The van der Waals surface area contributed by atoms with Gasteiger partial charge in [0.15, 0.2) is 0 Å². The van der Waals surface area contributed by atoms with Crippen LogP contribution < -0.4 is 16.4 Å². The summed E-state index contributed by atoms with van der Waals surface area (Å²) >= 11 is 0. The SMILES string of the molecule is CC.CC(C)CC(C)(C)NC(C)(C)CC(C)(C)N.CNC(O)C(C)(C)CC(C)C. The molecule has 0 saturated heterocycles. The fourth-order valence-corrected chi connectivity index (χ4v) is 4.73. The Labute approximate surface area is 185 Å². The summed E-state index contributed by atoms with van der Waals surface area (Å²) in [5.41, 5.74) is 6.21. The van der Waals surface area contributed by atoms with E-state index in [1.807, 2.05) is 13.8 Å². The van der Waals surface area contributed by atoms with Gasteiger partial charge in [0, 0.05) is 22.0 Å². The lowest BCUT2D eigenvalue weighted by Gasteiger charge is -2.41. The summed E-state index contributed by atoms with van der Waals surface area (Å²) in [5, 5.41) is 16.1. The maximum absolute atomic E-state index is 9.52. The lowest BCUT2D eigenvalue weighted by molar-refractivity contribution is 0.0148. The van der Waals surface area contributed by atoms with Gasteiger partial charge in [-0.3, -0.25) is 5.32 Å². The first kappa shape index (κ1) is 33.5. The number of aliphatic hydroxyl groups excluding tert-OH is 1. The minimum absolute atomic E-state index is 0.0249. The highest BCUT2D eigenvalue weighted by Gasteiger charge is 2.31. The lowest BCUT2D eigenvalue weighted by Crippen LogP contribution is -2.56. The standard InChI is InChI=1S/C14H32N2.C9H21NO.C2H6/c1-11(2)9-13(5,6)16-14(7,8)10-12(3,4)15;1-7(2)6-9(3,4)8(11)10-5;1-2/h11,16H,9-10,15H2,1-8H3;7-8,10-11H,6H2,1-5H3;1-2H3. The molecule has 0 aromatic heterocycles. The molecular weight excluding hydrogens is 358 g/mol. The summed E-state index contributed by atoms with van der Waals surface area (Å²) in [6.07, 6.45) is 2.79. The first-order valence-corrected chi connectivity index (χ1v) is 11.7. The van der Waals surface area contributed by atoms with Gasteiger partial charge in [-0.15, -0.1) is 0 Å². The molecule has 0 rings (SSSR count). The fraction of sp³-hybridized carbons (Fsp3) is 1.00. The predicted molar refractivity (Wildman–Crippen MR) is 133 cm³/mol. The average molecular weight is 418 g/mol. The molecule has 4 heteroatoms. The van der Waals surface area contributed by atoms with Gasteiger partial charge in [-0.2, -0.15) is 0 Å². The summed E-state index contributed by atoms with van der Waals surface area (Å²) in [6, 6.07) is 0. The summed E-state index contributed by atoms with van der Waals surface area (Å²) < 4.78 is 0. The molecule has 29 heavy (non-hydrogen) atoms. The highest BCUT2D eigenvalue weighted by Crippen LogP contribution is 2.27. The normalized spacial score (nSPS) is 14.2. The van der Waals surface area contributed by atoms with Crippen LogP contribution in [0.4, 0.5) is 0 Å². The summed E-state index contributed by atoms with van der Waals surface area (Å²) in [7, 11) is 1.78. The van der Waals surface area contributed by atoms with Crippen molar-refractivity contribution in [3.8, 4) is 0 Å². The number of nitrogens with two attached hydrogens (primary N) is 1. The van der Waals surface area contributed by atoms with Gasteiger partial charge in [0.2, 0.25) is 0 Å². The minimum atomic E-state index is -0.398. The Balaban J connectivity index is -0.000000454. The van der Waals surface area contributed by atoms with Crippen LogP contribution in [0, 0.1) is 17.3 Å². The highest BCUT2D eigenvalue weighted by atomic mass is 16.3. The molecule has 1 atom stereocenters. The van der Waals surface area contributed by atoms with E-state index in [1.165, 1.54) is 6.42 Å². The highest BCUT2D eigenvalue weighted by molar-refractivity contribution is 4.93. The average Bonchev–Trinajstić information content (AvgIpc) is 2.42. The first-order valence-electron chi connectivity index (χ1n) is 11.7. The molecule has 5 N–H and O–H groups in total. The van der Waals surface area contributed by atoms with Crippen LogP contribution in [0.5, 0.6) is 0 Å². The van der Waals surface area contributed by atoms with E-state index < -0.39 is 6.23 Å². The van der Waals surface area contributed by atoms with Crippen molar-refractivity contribution in [1.29, 1.82) is 0 Å². The Hall–Kier alpha value is -0.160. The van der Waals surface area contributed by atoms with E-state index in [4.69, 9.17) is 5.73 Å². The van der Waals surface area contributed by atoms with Gasteiger partial charge in [-0.1, -0.05) is 55.4 Å². The van der Waals surface area contributed by atoms with Crippen LogP contribution in [0.3, 0.4) is 0 Å². The van der Waals surface area contributed by atoms with Crippen molar-refractivity contribution >= 4 is 0 Å². The van der Waals surface area contributed by atoms with E-state index in [1.54, 1.807) is 7.05 Å². The van der Waals surface area contributed by atoms with Crippen LogP contribution in [0.15, 0.2) is 0 Å². The van der Waals surface area contributed by atoms with E-state index in [9.17, 15) is 5.11 Å². The zero-order chi connectivity index (χ0) is 24.3. The monoisotopic (exact) mass is 417 g/mol. The van der Waals surface area contributed by atoms with Gasteiger partial charge in [-0.25, -0.2) is 0 Å². The van der Waals surface area contributed by atoms with Gasteiger partial charge >= 0.3 is 0 Å². The molecule has 0 fully saturated rings. The quantitative estimate of drug-likeness (QED) is 0.332. The molecule has 0 spiro atoms. The zero-order valence-electron chi connectivity index (χ0n) is 22.9. The second-order valence-electron chi connectivity index (χ2n) is 11.9. The fourth-order valence-electron chi connectivity index (χ4n) is 4.73. The minimum Gasteiger partial charge on any atom is -0.378 e. The molecule has 1 unspecified atom stereocenters. The van der Waals surface area contributed by atoms with Gasteiger partial charge < -0.3 is 16.2 Å². The summed E-state index contributed by atoms with van der Waals surface area (Å²) in [6.45, 7) is 30.2. The van der Waals surface area contributed by atoms with E-state index in [0.717, 1.165) is 12.8 Å². The van der Waals surface area contributed by atoms with Crippen molar-refractivity contribution in [2.75, 3.05) is 7.05 Å². The Morgan fingerprint density at radius 1 is 0.759 bits per heavy atom. The number of rotatable bonds is 10. The topological polar surface area (TPSA) is 70.3 Å². The molecule has 0 radical (unpaired) electrons. The van der Waals surface area contributed by atoms with E-state index in [0.29, 0.717) is 11.8 Å².